The molecule has 0 fully saturated rings. The van der Waals surface area contributed by atoms with Crippen LogP contribution < -0.4 is 9.47 Å². The number of carbonyl (C=O) groups excluding carboxylic acids is 1. The fourth-order valence-corrected chi connectivity index (χ4v) is 2.75. The van der Waals surface area contributed by atoms with Gasteiger partial charge in [-0.3, -0.25) is 0 Å². The Balaban J connectivity index is 2.23. The molecule has 3 heteroatoms. The van der Waals surface area contributed by atoms with E-state index in [1.54, 1.807) is 21.1 Å². The van der Waals surface area contributed by atoms with Crippen molar-refractivity contribution in [3.05, 3.63) is 59.7 Å². The highest BCUT2D eigenvalue weighted by molar-refractivity contribution is 5.75. The highest BCUT2D eigenvalue weighted by Gasteiger charge is 2.15. The first kappa shape index (κ1) is 17.1. The molecule has 2 aromatic rings. The molecule has 0 spiro atoms. The molecule has 0 saturated carbocycles. The summed E-state index contributed by atoms with van der Waals surface area (Å²) in [6.45, 7) is 1.65. The van der Waals surface area contributed by atoms with Crippen LogP contribution in [0.4, 0.5) is 0 Å². The third kappa shape index (κ3) is 4.85. The molecular weight excluding hydrogens is 288 g/mol. The van der Waals surface area contributed by atoms with Gasteiger partial charge < -0.3 is 14.3 Å². The molecular formula is C20H24O3. The molecule has 0 aliphatic carbocycles. The average Bonchev–Trinajstić information content (AvgIpc) is 2.59. The Hall–Kier alpha value is -2.29. The van der Waals surface area contributed by atoms with E-state index >= 15 is 0 Å². The number of benzene rings is 2. The van der Waals surface area contributed by atoms with Crippen molar-refractivity contribution in [2.24, 2.45) is 0 Å². The van der Waals surface area contributed by atoms with E-state index in [1.165, 1.54) is 11.1 Å². The van der Waals surface area contributed by atoms with Gasteiger partial charge in [-0.15, -0.1) is 0 Å². The van der Waals surface area contributed by atoms with E-state index in [2.05, 4.69) is 24.3 Å². The molecule has 0 N–H and O–H groups in total. The van der Waals surface area contributed by atoms with Crippen molar-refractivity contribution < 1.29 is 14.3 Å². The lowest BCUT2D eigenvalue weighted by molar-refractivity contribution is -0.117. The number of ketones is 1. The summed E-state index contributed by atoms with van der Waals surface area (Å²) in [6, 6.07) is 16.3. The number of ether oxygens (including phenoxy) is 2. The SMILES string of the molecule is COc1ccc(C(CCCC(C)=O)c2ccc(OC)cc2)cc1. The lowest BCUT2D eigenvalue weighted by Crippen LogP contribution is -2.03. The summed E-state index contributed by atoms with van der Waals surface area (Å²) in [7, 11) is 3.34. The van der Waals surface area contributed by atoms with Gasteiger partial charge in [-0.2, -0.15) is 0 Å². The van der Waals surface area contributed by atoms with Crippen LogP contribution in [0.5, 0.6) is 11.5 Å². The predicted octanol–water partition coefficient (Wildman–Crippen LogP) is 4.60. The minimum atomic E-state index is 0.244. The van der Waals surface area contributed by atoms with Crippen molar-refractivity contribution >= 4 is 5.78 Å². The quantitative estimate of drug-likeness (QED) is 0.715. The highest BCUT2D eigenvalue weighted by atomic mass is 16.5. The summed E-state index contributed by atoms with van der Waals surface area (Å²) >= 11 is 0. The molecule has 2 aromatic carbocycles. The molecule has 0 aromatic heterocycles. The first-order chi connectivity index (χ1) is 11.1. The summed E-state index contributed by atoms with van der Waals surface area (Å²) in [5, 5.41) is 0. The smallest absolute Gasteiger partial charge is 0.129 e. The maximum atomic E-state index is 11.2. The van der Waals surface area contributed by atoms with E-state index in [4.69, 9.17) is 9.47 Å². The van der Waals surface area contributed by atoms with Crippen LogP contribution in [0.2, 0.25) is 0 Å². The Kier molecular flexibility index (Phi) is 6.21. The van der Waals surface area contributed by atoms with Gasteiger partial charge in [0.05, 0.1) is 14.2 Å². The van der Waals surface area contributed by atoms with Gasteiger partial charge in [0.15, 0.2) is 0 Å². The van der Waals surface area contributed by atoms with E-state index in [0.717, 1.165) is 24.3 Å². The summed E-state index contributed by atoms with van der Waals surface area (Å²) < 4.78 is 10.5. The van der Waals surface area contributed by atoms with E-state index < -0.39 is 0 Å². The normalized spacial score (nSPS) is 10.6. The van der Waals surface area contributed by atoms with E-state index in [9.17, 15) is 4.79 Å². The Morgan fingerprint density at radius 3 is 1.65 bits per heavy atom. The number of rotatable bonds is 8. The molecule has 0 heterocycles. The minimum Gasteiger partial charge on any atom is -0.497 e. The first-order valence-corrected chi connectivity index (χ1v) is 7.91. The topological polar surface area (TPSA) is 35.5 Å². The van der Waals surface area contributed by atoms with Crippen LogP contribution in [-0.4, -0.2) is 20.0 Å². The molecule has 0 aliphatic heterocycles. The van der Waals surface area contributed by atoms with Crippen LogP contribution in [0.3, 0.4) is 0 Å². The first-order valence-electron chi connectivity index (χ1n) is 7.91. The highest BCUT2D eigenvalue weighted by Crippen LogP contribution is 2.32. The molecule has 0 aliphatic rings. The molecule has 0 unspecified atom stereocenters. The van der Waals surface area contributed by atoms with E-state index in [0.29, 0.717) is 6.42 Å². The fraction of sp³-hybridized carbons (Fsp3) is 0.350. The third-order valence-electron chi connectivity index (χ3n) is 4.06. The monoisotopic (exact) mass is 312 g/mol. The molecule has 2 rings (SSSR count). The molecule has 23 heavy (non-hydrogen) atoms. The van der Waals surface area contributed by atoms with E-state index in [-0.39, 0.29) is 11.7 Å². The number of hydrogen-bond donors (Lipinski definition) is 0. The summed E-state index contributed by atoms with van der Waals surface area (Å²) in [4.78, 5) is 11.2. The summed E-state index contributed by atoms with van der Waals surface area (Å²) in [5.41, 5.74) is 2.47. The second-order valence-electron chi connectivity index (χ2n) is 5.69. The Bertz CT molecular complexity index is 567. The number of hydrogen-bond acceptors (Lipinski definition) is 3. The van der Waals surface area contributed by atoms with Crippen molar-refractivity contribution in [3.8, 4) is 11.5 Å². The molecule has 122 valence electrons. The van der Waals surface area contributed by atoms with Crippen molar-refractivity contribution in [2.45, 2.75) is 32.1 Å². The van der Waals surface area contributed by atoms with Crippen molar-refractivity contribution in [1.29, 1.82) is 0 Å². The van der Waals surface area contributed by atoms with Gasteiger partial charge in [0.1, 0.15) is 17.3 Å². The van der Waals surface area contributed by atoms with Crippen LogP contribution in [-0.2, 0) is 4.79 Å². The number of carbonyl (C=O) groups is 1. The average molecular weight is 312 g/mol. The fourth-order valence-electron chi connectivity index (χ4n) is 2.75. The van der Waals surface area contributed by atoms with Crippen LogP contribution in [0.25, 0.3) is 0 Å². The maximum Gasteiger partial charge on any atom is 0.129 e. The van der Waals surface area contributed by atoms with Gasteiger partial charge >= 0.3 is 0 Å². The molecule has 0 radical (unpaired) electrons. The number of Topliss-reactive ketones (excluding diaryl/α,β-unsaturated/α-hetero) is 1. The lowest BCUT2D eigenvalue weighted by atomic mass is 9.86. The summed E-state index contributed by atoms with van der Waals surface area (Å²) in [6.07, 6.45) is 2.46. The van der Waals surface area contributed by atoms with Gasteiger partial charge in [0.2, 0.25) is 0 Å². The van der Waals surface area contributed by atoms with Crippen LogP contribution >= 0.6 is 0 Å². The standard InChI is InChI=1S/C20H24O3/c1-15(21)5-4-6-20(16-7-11-18(22-2)12-8-16)17-9-13-19(23-3)14-10-17/h7-14,20H,4-6H2,1-3H3. The van der Waals surface area contributed by atoms with Crippen LogP contribution in [0.15, 0.2) is 48.5 Å². The third-order valence-corrected chi connectivity index (χ3v) is 4.06. The van der Waals surface area contributed by atoms with Gasteiger partial charge in [0, 0.05) is 12.3 Å². The van der Waals surface area contributed by atoms with Gasteiger partial charge in [-0.1, -0.05) is 24.3 Å². The van der Waals surface area contributed by atoms with Gasteiger partial charge in [0.25, 0.3) is 0 Å². The van der Waals surface area contributed by atoms with Gasteiger partial charge in [-0.25, -0.2) is 0 Å². The van der Waals surface area contributed by atoms with E-state index in [1.807, 2.05) is 24.3 Å². The van der Waals surface area contributed by atoms with Crippen molar-refractivity contribution in [3.63, 3.8) is 0 Å². The summed E-state index contributed by atoms with van der Waals surface area (Å²) in [5.74, 6) is 2.22. The zero-order valence-electron chi connectivity index (χ0n) is 14.0. The van der Waals surface area contributed by atoms with Crippen LogP contribution in [0, 0.1) is 0 Å². The van der Waals surface area contributed by atoms with Gasteiger partial charge in [-0.05, 0) is 55.2 Å². The second-order valence-corrected chi connectivity index (χ2v) is 5.69. The zero-order valence-corrected chi connectivity index (χ0v) is 14.0. The van der Waals surface area contributed by atoms with Crippen molar-refractivity contribution in [1.82, 2.24) is 0 Å². The second kappa shape index (κ2) is 8.37. The number of methoxy groups -OCH3 is 2. The molecule has 0 saturated heterocycles. The molecule has 3 nitrogen and oxygen atoms in total. The molecule has 0 amide bonds. The molecule has 0 bridgehead atoms. The largest absolute Gasteiger partial charge is 0.497 e. The predicted molar refractivity (Wildman–Crippen MR) is 92.4 cm³/mol. The Labute approximate surface area is 138 Å². The maximum absolute atomic E-state index is 11.2. The Morgan fingerprint density at radius 1 is 0.870 bits per heavy atom. The Morgan fingerprint density at radius 2 is 1.30 bits per heavy atom. The minimum absolute atomic E-state index is 0.244. The molecule has 0 atom stereocenters. The van der Waals surface area contributed by atoms with Crippen LogP contribution in [0.1, 0.15) is 43.2 Å². The zero-order chi connectivity index (χ0) is 16.7. The lowest BCUT2D eigenvalue weighted by Gasteiger charge is -2.18. The van der Waals surface area contributed by atoms with Crippen molar-refractivity contribution in [2.75, 3.05) is 14.2 Å².